The number of H-pyrrole nitrogens is 1. The van der Waals surface area contributed by atoms with Gasteiger partial charge in [0.25, 0.3) is 5.91 Å². The summed E-state index contributed by atoms with van der Waals surface area (Å²) in [4.78, 5) is 20.5. The lowest BCUT2D eigenvalue weighted by atomic mass is 10.0. The highest BCUT2D eigenvalue weighted by atomic mass is 16.5. The lowest BCUT2D eigenvalue weighted by Gasteiger charge is -2.13. The zero-order valence-corrected chi connectivity index (χ0v) is 11.1. The molecule has 0 spiro atoms. The van der Waals surface area contributed by atoms with Crippen molar-refractivity contribution >= 4 is 5.91 Å². The molecule has 2 aromatic heterocycles. The average Bonchev–Trinajstić information content (AvgIpc) is 3.12. The predicted molar refractivity (Wildman–Crippen MR) is 68.9 cm³/mol. The highest BCUT2D eigenvalue weighted by Gasteiger charge is 2.35. The Hall–Kier alpha value is -2.15. The van der Waals surface area contributed by atoms with Crippen molar-refractivity contribution in [3.05, 3.63) is 35.7 Å². The van der Waals surface area contributed by atoms with E-state index >= 15 is 0 Å². The Morgan fingerprint density at radius 3 is 3.10 bits per heavy atom. The number of aryl methyl sites for hydroxylation is 1. The predicted octanol–water partition coefficient (Wildman–Crippen LogP) is 0.382. The summed E-state index contributed by atoms with van der Waals surface area (Å²) >= 11 is 0. The van der Waals surface area contributed by atoms with Gasteiger partial charge >= 0.3 is 0 Å². The number of amides is 1. The van der Waals surface area contributed by atoms with Crippen molar-refractivity contribution in [2.45, 2.75) is 19.4 Å². The van der Waals surface area contributed by atoms with Crippen molar-refractivity contribution in [3.8, 4) is 0 Å². The fourth-order valence-electron chi connectivity index (χ4n) is 2.52. The number of imidazole rings is 1. The molecule has 0 radical (unpaired) electrons. The maximum absolute atomic E-state index is 12.1. The Balaban J connectivity index is 1.66. The van der Waals surface area contributed by atoms with E-state index in [0.29, 0.717) is 25.3 Å². The van der Waals surface area contributed by atoms with Crippen molar-refractivity contribution in [1.82, 2.24) is 20.0 Å². The summed E-state index contributed by atoms with van der Waals surface area (Å²) < 4.78 is 5.16. The van der Waals surface area contributed by atoms with E-state index in [9.17, 15) is 9.90 Å². The molecule has 0 saturated carbocycles. The fourth-order valence-corrected chi connectivity index (χ4v) is 2.52. The van der Waals surface area contributed by atoms with Gasteiger partial charge < -0.3 is 19.5 Å². The molecular formula is C13H16N4O3. The minimum Gasteiger partial charge on any atom is -0.391 e. The number of aliphatic hydroxyl groups excluding tert-OH is 1. The first kappa shape index (κ1) is 12.9. The number of carbonyl (C=O) groups excluding carboxylic acids is 1. The van der Waals surface area contributed by atoms with Gasteiger partial charge in [-0.05, 0) is 6.92 Å². The summed E-state index contributed by atoms with van der Waals surface area (Å²) in [6.07, 6.45) is 3.16. The van der Waals surface area contributed by atoms with Gasteiger partial charge in [-0.25, -0.2) is 4.98 Å². The normalized spacial score (nSPS) is 22.4. The van der Waals surface area contributed by atoms with E-state index in [2.05, 4.69) is 15.1 Å². The van der Waals surface area contributed by atoms with Crippen LogP contribution in [0.2, 0.25) is 0 Å². The highest BCUT2D eigenvalue weighted by Crippen LogP contribution is 2.22. The zero-order chi connectivity index (χ0) is 14.1. The van der Waals surface area contributed by atoms with E-state index in [-0.39, 0.29) is 11.8 Å². The molecular weight excluding hydrogens is 260 g/mol. The van der Waals surface area contributed by atoms with Crippen LogP contribution in [0.5, 0.6) is 0 Å². The molecule has 1 amide bonds. The van der Waals surface area contributed by atoms with Gasteiger partial charge in [-0.3, -0.25) is 4.79 Å². The lowest BCUT2D eigenvalue weighted by Crippen LogP contribution is -2.30. The van der Waals surface area contributed by atoms with Crippen LogP contribution in [-0.4, -0.2) is 50.2 Å². The first-order chi connectivity index (χ1) is 9.63. The number of β-amino-alcohol motifs (C(OH)–C–C–N with tert-alkyl or cyclic N) is 1. The van der Waals surface area contributed by atoms with E-state index in [1.165, 1.54) is 6.20 Å². The summed E-state index contributed by atoms with van der Waals surface area (Å²) in [6, 6.07) is 1.85. The van der Waals surface area contributed by atoms with Crippen LogP contribution in [0.4, 0.5) is 0 Å². The first-order valence-electron chi connectivity index (χ1n) is 6.52. The van der Waals surface area contributed by atoms with Gasteiger partial charge in [0.1, 0.15) is 5.76 Å². The van der Waals surface area contributed by atoms with Crippen LogP contribution >= 0.6 is 0 Å². The van der Waals surface area contributed by atoms with Crippen LogP contribution in [-0.2, 0) is 6.42 Å². The molecule has 0 aromatic carbocycles. The summed E-state index contributed by atoms with van der Waals surface area (Å²) in [7, 11) is 0. The minimum atomic E-state index is -0.556. The molecule has 0 unspecified atom stereocenters. The van der Waals surface area contributed by atoms with Crippen LogP contribution in [0.15, 0.2) is 23.0 Å². The molecule has 1 fully saturated rings. The fraction of sp³-hybridized carbons (Fsp3) is 0.462. The molecule has 0 aliphatic carbocycles. The number of nitrogens with one attached hydrogen (secondary N) is 1. The second-order valence-corrected chi connectivity index (χ2v) is 5.11. The second-order valence-electron chi connectivity index (χ2n) is 5.11. The Labute approximate surface area is 115 Å². The molecule has 0 bridgehead atoms. The summed E-state index contributed by atoms with van der Waals surface area (Å²) in [5.41, 5.74) is 0.816. The molecule has 2 aromatic rings. The van der Waals surface area contributed by atoms with Gasteiger partial charge in [0.05, 0.1) is 11.8 Å². The largest absolute Gasteiger partial charge is 0.391 e. The molecule has 20 heavy (non-hydrogen) atoms. The number of hydrogen-bond donors (Lipinski definition) is 2. The lowest BCUT2D eigenvalue weighted by molar-refractivity contribution is 0.0754. The Morgan fingerprint density at radius 2 is 2.45 bits per heavy atom. The third-order valence-electron chi connectivity index (χ3n) is 3.53. The third-order valence-corrected chi connectivity index (χ3v) is 3.53. The average molecular weight is 276 g/mol. The van der Waals surface area contributed by atoms with Gasteiger partial charge in [-0.2, -0.15) is 0 Å². The minimum absolute atomic E-state index is 0.0405. The van der Waals surface area contributed by atoms with Gasteiger partial charge in [-0.1, -0.05) is 5.16 Å². The zero-order valence-electron chi connectivity index (χ0n) is 11.1. The smallest absolute Gasteiger partial charge is 0.289 e. The van der Waals surface area contributed by atoms with E-state index in [0.717, 1.165) is 11.5 Å². The van der Waals surface area contributed by atoms with Gasteiger partial charge in [0.2, 0.25) is 0 Å². The number of aromatic nitrogens is 3. The molecule has 106 valence electrons. The van der Waals surface area contributed by atoms with Crippen LogP contribution in [0.25, 0.3) is 0 Å². The molecule has 7 heteroatoms. The van der Waals surface area contributed by atoms with Crippen molar-refractivity contribution < 1.29 is 14.4 Å². The maximum Gasteiger partial charge on any atom is 0.289 e. The van der Waals surface area contributed by atoms with Crippen molar-refractivity contribution in [2.24, 2.45) is 5.92 Å². The van der Waals surface area contributed by atoms with Crippen molar-refractivity contribution in [3.63, 3.8) is 0 Å². The molecule has 7 nitrogen and oxygen atoms in total. The summed E-state index contributed by atoms with van der Waals surface area (Å²) in [5.74, 6) is 0.804. The van der Waals surface area contributed by atoms with E-state index in [4.69, 9.17) is 4.52 Å². The van der Waals surface area contributed by atoms with E-state index in [1.807, 2.05) is 13.0 Å². The number of nitrogens with zero attached hydrogens (tertiary/aromatic N) is 3. The topological polar surface area (TPSA) is 95.2 Å². The van der Waals surface area contributed by atoms with Crippen LogP contribution < -0.4 is 0 Å². The van der Waals surface area contributed by atoms with Gasteiger partial charge in [-0.15, -0.1) is 0 Å². The van der Waals surface area contributed by atoms with Crippen LogP contribution in [0.1, 0.15) is 22.1 Å². The molecule has 2 N–H and O–H groups in total. The Morgan fingerprint density at radius 1 is 1.60 bits per heavy atom. The van der Waals surface area contributed by atoms with Gasteiger partial charge in [0, 0.05) is 43.9 Å². The van der Waals surface area contributed by atoms with E-state index in [1.54, 1.807) is 11.1 Å². The maximum atomic E-state index is 12.1. The molecule has 1 aliphatic rings. The number of aromatic amines is 1. The summed E-state index contributed by atoms with van der Waals surface area (Å²) in [6.45, 7) is 2.66. The number of carbonyl (C=O) groups is 1. The van der Waals surface area contributed by atoms with Crippen LogP contribution in [0.3, 0.4) is 0 Å². The standard InChI is InChI=1S/C13H16N4O3/c1-8-4-10(20-16-8)5-9-6-17(7-11(9)18)13(19)12-14-2-3-15-12/h2-4,9,11,18H,5-7H2,1H3,(H,14,15)/t9-,11-/m1/s1. The third kappa shape index (κ3) is 2.44. The van der Waals surface area contributed by atoms with E-state index < -0.39 is 6.10 Å². The number of aliphatic hydroxyl groups is 1. The molecule has 1 saturated heterocycles. The number of likely N-dealkylation sites (tertiary alicyclic amines) is 1. The highest BCUT2D eigenvalue weighted by molar-refractivity contribution is 5.90. The first-order valence-corrected chi connectivity index (χ1v) is 6.52. The Bertz CT molecular complexity index is 593. The molecule has 2 atom stereocenters. The van der Waals surface area contributed by atoms with Crippen LogP contribution in [0, 0.1) is 12.8 Å². The van der Waals surface area contributed by atoms with Crippen molar-refractivity contribution in [2.75, 3.05) is 13.1 Å². The quantitative estimate of drug-likeness (QED) is 0.845. The van der Waals surface area contributed by atoms with Gasteiger partial charge in [0.15, 0.2) is 5.82 Å². The molecule has 3 rings (SSSR count). The monoisotopic (exact) mass is 276 g/mol. The number of rotatable bonds is 3. The molecule has 1 aliphatic heterocycles. The number of hydrogen-bond acceptors (Lipinski definition) is 5. The molecule has 3 heterocycles. The van der Waals surface area contributed by atoms with Crippen molar-refractivity contribution in [1.29, 1.82) is 0 Å². The Kier molecular flexibility index (Phi) is 3.27. The summed E-state index contributed by atoms with van der Waals surface area (Å²) in [5, 5.41) is 13.9. The second kappa shape index (κ2) is 5.09. The SMILES string of the molecule is Cc1cc(C[C@@H]2CN(C(=O)c3ncc[nH]3)C[C@H]2O)on1.